The highest BCUT2D eigenvalue weighted by Gasteiger charge is 2.23. The molecule has 144 valence electrons. The van der Waals surface area contributed by atoms with Gasteiger partial charge in [-0.05, 0) is 51.1 Å². The smallest absolute Gasteiger partial charge is 0.255 e. The number of aromatic nitrogens is 1. The summed E-state index contributed by atoms with van der Waals surface area (Å²) in [6, 6.07) is 9.93. The van der Waals surface area contributed by atoms with Gasteiger partial charge in [0.25, 0.3) is 5.91 Å². The molecule has 1 aromatic heterocycles. The lowest BCUT2D eigenvalue weighted by molar-refractivity contribution is 0.0746. The summed E-state index contributed by atoms with van der Waals surface area (Å²) in [6.07, 6.45) is 3.40. The number of rotatable bonds is 4. The summed E-state index contributed by atoms with van der Waals surface area (Å²) in [5.74, 6) is 0.887. The first-order valence-electron chi connectivity index (χ1n) is 9.27. The molecule has 0 bridgehead atoms. The minimum absolute atomic E-state index is 0.0365. The third-order valence-corrected chi connectivity index (χ3v) is 4.51. The first-order chi connectivity index (χ1) is 12.9. The number of hydrogen-bond acceptors (Lipinski definition) is 5. The molecule has 1 aliphatic rings. The molecule has 0 aliphatic carbocycles. The van der Waals surface area contributed by atoms with Gasteiger partial charge in [-0.3, -0.25) is 9.78 Å². The molecule has 1 aliphatic heterocycles. The van der Waals surface area contributed by atoms with Crippen LogP contribution in [0.25, 0.3) is 0 Å². The number of piperazine rings is 1. The Morgan fingerprint density at radius 2 is 1.74 bits per heavy atom. The average Bonchev–Trinajstić information content (AvgIpc) is 2.66. The summed E-state index contributed by atoms with van der Waals surface area (Å²) in [4.78, 5) is 21.3. The Balaban J connectivity index is 1.62. The summed E-state index contributed by atoms with van der Waals surface area (Å²) in [5, 5.41) is 3.37. The van der Waals surface area contributed by atoms with E-state index in [0.717, 1.165) is 30.2 Å². The van der Waals surface area contributed by atoms with Gasteiger partial charge in [-0.2, -0.15) is 0 Å². The third-order valence-electron chi connectivity index (χ3n) is 4.51. The zero-order valence-electron chi connectivity index (χ0n) is 16.5. The van der Waals surface area contributed by atoms with Crippen LogP contribution in [-0.4, -0.2) is 54.6 Å². The van der Waals surface area contributed by atoms with Gasteiger partial charge in [0, 0.05) is 49.8 Å². The fourth-order valence-corrected chi connectivity index (χ4v) is 3.20. The highest BCUT2D eigenvalue weighted by molar-refractivity contribution is 5.95. The number of anilines is 2. The molecule has 1 aromatic carbocycles. The summed E-state index contributed by atoms with van der Waals surface area (Å²) >= 11 is 0. The van der Waals surface area contributed by atoms with E-state index in [2.05, 4.69) is 48.1 Å². The van der Waals surface area contributed by atoms with Gasteiger partial charge in [0.05, 0.1) is 18.4 Å². The Morgan fingerprint density at radius 3 is 2.33 bits per heavy atom. The van der Waals surface area contributed by atoms with Gasteiger partial charge in [0.15, 0.2) is 0 Å². The molecule has 1 N–H and O–H groups in total. The number of nitrogens with one attached hydrogen (secondary N) is 1. The molecule has 1 amide bonds. The number of carbonyl (C=O) groups is 1. The summed E-state index contributed by atoms with van der Waals surface area (Å²) in [7, 11) is 1.67. The Labute approximate surface area is 161 Å². The normalized spacial score (nSPS) is 14.8. The number of amides is 1. The van der Waals surface area contributed by atoms with Crippen LogP contribution < -0.4 is 15.0 Å². The zero-order chi connectivity index (χ0) is 19.4. The first kappa shape index (κ1) is 19.0. The lowest BCUT2D eigenvalue weighted by Gasteiger charge is -2.36. The van der Waals surface area contributed by atoms with Gasteiger partial charge in [-0.25, -0.2) is 0 Å². The number of carbonyl (C=O) groups excluding carboxylic acids is 1. The van der Waals surface area contributed by atoms with Crippen molar-refractivity contribution in [3.8, 4) is 5.75 Å². The summed E-state index contributed by atoms with van der Waals surface area (Å²) < 4.78 is 5.21. The molecule has 1 saturated heterocycles. The van der Waals surface area contributed by atoms with Gasteiger partial charge in [-0.15, -0.1) is 0 Å². The van der Waals surface area contributed by atoms with Crippen molar-refractivity contribution in [3.05, 3.63) is 48.3 Å². The predicted octanol–water partition coefficient (Wildman–Crippen LogP) is 3.26. The SMILES string of the molecule is COc1ccc(N2CCN(C(=O)c3cncc(NC(C)(C)C)c3)CC2)cc1. The quantitative estimate of drug-likeness (QED) is 0.898. The van der Waals surface area contributed by atoms with E-state index < -0.39 is 0 Å². The third kappa shape index (κ3) is 4.90. The van der Waals surface area contributed by atoms with E-state index in [4.69, 9.17) is 4.74 Å². The fraction of sp³-hybridized carbons (Fsp3) is 0.429. The number of hydrogen-bond donors (Lipinski definition) is 1. The molecular weight excluding hydrogens is 340 g/mol. The average molecular weight is 368 g/mol. The maximum absolute atomic E-state index is 12.9. The van der Waals surface area contributed by atoms with Crippen molar-refractivity contribution in [1.29, 1.82) is 0 Å². The lowest BCUT2D eigenvalue weighted by Crippen LogP contribution is -2.48. The Kier molecular flexibility index (Phi) is 5.54. The van der Waals surface area contributed by atoms with Gasteiger partial charge < -0.3 is 19.9 Å². The second kappa shape index (κ2) is 7.86. The predicted molar refractivity (Wildman–Crippen MR) is 109 cm³/mol. The Morgan fingerprint density at radius 1 is 1.07 bits per heavy atom. The monoisotopic (exact) mass is 368 g/mol. The molecule has 1 fully saturated rings. The van der Waals surface area contributed by atoms with Gasteiger partial charge >= 0.3 is 0 Å². The number of methoxy groups -OCH3 is 1. The minimum atomic E-state index is -0.0761. The zero-order valence-corrected chi connectivity index (χ0v) is 16.5. The van der Waals surface area contributed by atoms with Crippen LogP contribution in [0.4, 0.5) is 11.4 Å². The minimum Gasteiger partial charge on any atom is -0.497 e. The number of benzene rings is 1. The van der Waals surface area contributed by atoms with Crippen LogP contribution >= 0.6 is 0 Å². The van der Waals surface area contributed by atoms with Crippen LogP contribution in [0.2, 0.25) is 0 Å². The van der Waals surface area contributed by atoms with E-state index in [1.807, 2.05) is 23.1 Å². The molecule has 6 nitrogen and oxygen atoms in total. The highest BCUT2D eigenvalue weighted by Crippen LogP contribution is 2.21. The van der Waals surface area contributed by atoms with Crippen molar-refractivity contribution < 1.29 is 9.53 Å². The van der Waals surface area contributed by atoms with Gasteiger partial charge in [0.2, 0.25) is 0 Å². The van der Waals surface area contributed by atoms with Crippen LogP contribution in [0, 0.1) is 0 Å². The number of ether oxygens (including phenoxy) is 1. The molecule has 2 aromatic rings. The lowest BCUT2D eigenvalue weighted by atomic mass is 10.1. The first-order valence-corrected chi connectivity index (χ1v) is 9.27. The van der Waals surface area contributed by atoms with E-state index in [1.54, 1.807) is 19.5 Å². The molecule has 0 spiro atoms. The molecule has 0 atom stereocenters. The summed E-state index contributed by atoms with van der Waals surface area (Å²) in [5.41, 5.74) is 2.57. The van der Waals surface area contributed by atoms with E-state index in [1.165, 1.54) is 0 Å². The molecule has 3 rings (SSSR count). The molecular formula is C21H28N4O2. The van der Waals surface area contributed by atoms with Crippen LogP contribution in [0.3, 0.4) is 0 Å². The Hall–Kier alpha value is -2.76. The Bertz CT molecular complexity index is 776. The standard InChI is InChI=1S/C21H28N4O2/c1-21(2,3)23-17-13-16(14-22-15-17)20(26)25-11-9-24(10-12-25)18-5-7-19(27-4)8-6-18/h5-8,13-15,23H,9-12H2,1-4H3. The second-order valence-corrected chi connectivity index (χ2v) is 7.81. The van der Waals surface area contributed by atoms with Crippen molar-refractivity contribution in [2.45, 2.75) is 26.3 Å². The van der Waals surface area contributed by atoms with Gasteiger partial charge in [0.1, 0.15) is 5.75 Å². The molecule has 2 heterocycles. The maximum Gasteiger partial charge on any atom is 0.255 e. The van der Waals surface area contributed by atoms with Crippen molar-refractivity contribution >= 4 is 17.3 Å². The fourth-order valence-electron chi connectivity index (χ4n) is 3.20. The summed E-state index contributed by atoms with van der Waals surface area (Å²) in [6.45, 7) is 9.26. The van der Waals surface area contributed by atoms with E-state index in [0.29, 0.717) is 18.7 Å². The molecule has 0 unspecified atom stereocenters. The van der Waals surface area contributed by atoms with Gasteiger partial charge in [-0.1, -0.05) is 0 Å². The van der Waals surface area contributed by atoms with E-state index >= 15 is 0 Å². The molecule has 6 heteroatoms. The molecule has 0 saturated carbocycles. The van der Waals surface area contributed by atoms with Crippen molar-refractivity contribution in [3.63, 3.8) is 0 Å². The van der Waals surface area contributed by atoms with Crippen LogP contribution in [0.5, 0.6) is 5.75 Å². The van der Waals surface area contributed by atoms with Crippen LogP contribution in [-0.2, 0) is 0 Å². The topological polar surface area (TPSA) is 57.7 Å². The van der Waals surface area contributed by atoms with Crippen LogP contribution in [0.15, 0.2) is 42.7 Å². The van der Waals surface area contributed by atoms with Crippen molar-refractivity contribution in [2.75, 3.05) is 43.5 Å². The highest BCUT2D eigenvalue weighted by atomic mass is 16.5. The number of nitrogens with zero attached hydrogens (tertiary/aromatic N) is 3. The molecule has 0 radical (unpaired) electrons. The van der Waals surface area contributed by atoms with Crippen molar-refractivity contribution in [2.24, 2.45) is 0 Å². The van der Waals surface area contributed by atoms with E-state index in [-0.39, 0.29) is 11.4 Å². The maximum atomic E-state index is 12.9. The second-order valence-electron chi connectivity index (χ2n) is 7.81. The van der Waals surface area contributed by atoms with Crippen LogP contribution in [0.1, 0.15) is 31.1 Å². The van der Waals surface area contributed by atoms with Crippen molar-refractivity contribution in [1.82, 2.24) is 9.88 Å². The molecule has 27 heavy (non-hydrogen) atoms. The largest absolute Gasteiger partial charge is 0.497 e. The van der Waals surface area contributed by atoms with E-state index in [9.17, 15) is 4.79 Å². The number of pyridine rings is 1.